The lowest BCUT2D eigenvalue weighted by Crippen LogP contribution is -2.52. The van der Waals surface area contributed by atoms with E-state index < -0.39 is 67.8 Å². The quantitative estimate of drug-likeness (QED) is 0.0452. The van der Waals surface area contributed by atoms with Crippen LogP contribution in [0.3, 0.4) is 0 Å². The third-order valence-corrected chi connectivity index (χ3v) is 12.4. The number of nitrogens with one attached hydrogen (secondary N) is 1. The fourth-order valence-corrected chi connectivity index (χ4v) is 8.50. The third-order valence-electron chi connectivity index (χ3n) is 10.9. The smallest absolute Gasteiger partial charge is 0.362 e. The van der Waals surface area contributed by atoms with Crippen molar-refractivity contribution in [1.29, 1.82) is 0 Å². The maximum Gasteiger partial charge on any atom is 0.362 e. The van der Waals surface area contributed by atoms with Crippen molar-refractivity contribution in [2.45, 2.75) is 57.1 Å². The molecule has 0 saturated carbocycles. The van der Waals surface area contributed by atoms with Gasteiger partial charge < -0.3 is 53.5 Å². The van der Waals surface area contributed by atoms with Crippen LogP contribution < -0.4 is 20.5 Å². The molecule has 65 heavy (non-hydrogen) atoms. The maximum atomic E-state index is 13.6. The molecule has 18 heteroatoms. The minimum absolute atomic E-state index is 0.0400. The van der Waals surface area contributed by atoms with Crippen LogP contribution in [0.2, 0.25) is 0 Å². The molecule has 6 rings (SSSR count). The highest BCUT2D eigenvalue weighted by Gasteiger charge is 2.67. The van der Waals surface area contributed by atoms with Crippen molar-refractivity contribution in [3.63, 3.8) is 0 Å². The zero-order valence-corrected chi connectivity index (χ0v) is 38.1. The van der Waals surface area contributed by atoms with Gasteiger partial charge in [0, 0.05) is 11.8 Å². The minimum atomic E-state index is -5.73. The summed E-state index contributed by atoms with van der Waals surface area (Å²) in [6.45, 7) is 10.0. The Morgan fingerprint density at radius 3 is 1.88 bits per heavy atom. The van der Waals surface area contributed by atoms with Crippen LogP contribution >= 0.6 is 7.60 Å². The second-order valence-corrected chi connectivity index (χ2v) is 16.4. The van der Waals surface area contributed by atoms with E-state index in [1.54, 1.807) is 116 Å². The Morgan fingerprint density at radius 2 is 1.38 bits per heavy atom. The number of carbonyl (C=O) groups excluding carboxylic acids is 2. The highest BCUT2D eigenvalue weighted by atomic mass is 31.2. The van der Waals surface area contributed by atoms with Crippen molar-refractivity contribution in [3.8, 4) is 11.5 Å². The van der Waals surface area contributed by atoms with Crippen LogP contribution in [0.4, 0.5) is 5.82 Å². The fourth-order valence-electron chi connectivity index (χ4n) is 7.46. The average Bonchev–Trinajstić information content (AvgIpc) is 3.61. The highest BCUT2D eigenvalue weighted by Crippen LogP contribution is 2.60. The van der Waals surface area contributed by atoms with E-state index in [-0.39, 0.29) is 12.4 Å². The molecule has 1 amide bonds. The summed E-state index contributed by atoms with van der Waals surface area (Å²) in [5.41, 5.74) is -0.742. The van der Waals surface area contributed by atoms with Crippen molar-refractivity contribution in [1.82, 2.24) is 14.5 Å². The summed E-state index contributed by atoms with van der Waals surface area (Å²) < 4.78 is 49.2. The van der Waals surface area contributed by atoms with E-state index in [2.05, 4.69) is 36.0 Å². The summed E-state index contributed by atoms with van der Waals surface area (Å²) in [5.74, 6) is -0.684. The average molecular weight is 917 g/mol. The zero-order valence-electron chi connectivity index (χ0n) is 37.2. The fraction of sp³-hybridized carbons (Fsp3) is 0.362. The molecule has 5 aromatic rings. The first-order valence-electron chi connectivity index (χ1n) is 21.1. The lowest BCUT2D eigenvalue weighted by Gasteiger charge is -2.39. The van der Waals surface area contributed by atoms with Gasteiger partial charge in [-0.25, -0.2) is 9.59 Å². The van der Waals surface area contributed by atoms with Gasteiger partial charge in [0.05, 0.1) is 27.4 Å². The number of esters is 1. The van der Waals surface area contributed by atoms with Crippen LogP contribution in [0, 0.1) is 0 Å². The summed E-state index contributed by atoms with van der Waals surface area (Å²) in [6, 6.07) is 32.4. The molecule has 1 aromatic heterocycles. The van der Waals surface area contributed by atoms with E-state index in [0.29, 0.717) is 33.8 Å². The molecule has 4 atom stereocenters. The number of hydrogen-bond acceptors (Lipinski definition) is 13. The lowest BCUT2D eigenvalue weighted by atomic mass is 9.79. The molecule has 348 valence electrons. The van der Waals surface area contributed by atoms with Crippen LogP contribution in [0.15, 0.2) is 126 Å². The number of carbonyl (C=O) groups is 2. The predicted octanol–water partition coefficient (Wildman–Crippen LogP) is 5.58. The van der Waals surface area contributed by atoms with Gasteiger partial charge in [0.25, 0.3) is 5.91 Å². The summed E-state index contributed by atoms with van der Waals surface area (Å²) in [5, 5.41) is 11.6. The first-order chi connectivity index (χ1) is 31.2. The molecule has 0 spiro atoms. The zero-order chi connectivity index (χ0) is 47.2. The molecule has 0 aliphatic carbocycles. The first kappa shape index (κ1) is 50.3. The minimum Gasteiger partial charge on any atom is -0.497 e. The van der Waals surface area contributed by atoms with E-state index in [9.17, 15) is 33.8 Å². The Balaban J connectivity index is 0.00000105. The standard InChI is InChI=1S/C41H42N3O13P.C6H15N/c1-4-54-35(45)26-55-36-38(44-22-21-34(43-39(44)47)42-37(46)27-13-7-5-8-14-27)57-33(41(36,48)58(49,50)51)25-56-40(28-15-9-6-10-16-28,29-17-11-19-31(23-29)52-2)30-18-12-20-32(24-30)53-3;1-4-7(5-2)6-3/h5-24,33,36,38,48H,4,25-26H2,1-3H3,(H2,49,50,51)(H,42,43,46,47);4-6H2,1-3H3/t33-,36+,38-,41+;/m1./s1. The topological polar surface area (TPSA) is 217 Å². The van der Waals surface area contributed by atoms with Crippen molar-refractivity contribution < 1.29 is 57.5 Å². The molecule has 0 unspecified atom stereocenters. The number of benzene rings is 4. The molecule has 1 fully saturated rings. The van der Waals surface area contributed by atoms with Gasteiger partial charge in [-0.2, -0.15) is 4.98 Å². The SMILES string of the molecule is CCN(CC)CC.CCOC(=O)CO[C@H]1[C@H](n2ccc(NC(=O)c3ccccc3)nc2=O)O[C@H](COC(c2ccccc2)(c2cccc(OC)c2)c2cccc(OC)c2)[C@]1(O)P(=O)(O)O. The second kappa shape index (κ2) is 22.9. The molecule has 17 nitrogen and oxygen atoms in total. The molecule has 1 aliphatic rings. The molecule has 4 aromatic carbocycles. The van der Waals surface area contributed by atoms with Gasteiger partial charge in [-0.1, -0.05) is 93.6 Å². The van der Waals surface area contributed by atoms with Crippen LogP contribution in [0.25, 0.3) is 0 Å². The summed E-state index contributed by atoms with van der Waals surface area (Å²) in [4.78, 5) is 67.1. The Labute approximate surface area is 378 Å². The molecule has 2 heterocycles. The second-order valence-electron chi connectivity index (χ2n) is 14.6. The van der Waals surface area contributed by atoms with Crippen LogP contribution in [0.1, 0.15) is 61.0 Å². The molecule has 4 N–H and O–H groups in total. The van der Waals surface area contributed by atoms with Crippen LogP contribution in [-0.4, -0.2) is 112 Å². The van der Waals surface area contributed by atoms with Gasteiger partial charge >= 0.3 is 19.3 Å². The van der Waals surface area contributed by atoms with Gasteiger partial charge in [0.15, 0.2) is 6.23 Å². The molecular formula is C47H57N4O13P. The van der Waals surface area contributed by atoms with E-state index >= 15 is 0 Å². The van der Waals surface area contributed by atoms with Crippen molar-refractivity contribution in [2.75, 3.05) is 59.0 Å². The maximum absolute atomic E-state index is 13.6. The molecule has 1 aliphatic heterocycles. The molecule has 0 bridgehead atoms. The molecule has 0 radical (unpaired) electrons. The van der Waals surface area contributed by atoms with Gasteiger partial charge in [-0.05, 0) is 85.7 Å². The van der Waals surface area contributed by atoms with Crippen molar-refractivity contribution in [2.24, 2.45) is 0 Å². The van der Waals surface area contributed by atoms with Gasteiger partial charge in [-0.3, -0.25) is 13.9 Å². The summed E-state index contributed by atoms with van der Waals surface area (Å²) in [6.07, 6.45) is -4.69. The van der Waals surface area contributed by atoms with Gasteiger partial charge in [0.2, 0.25) is 5.34 Å². The van der Waals surface area contributed by atoms with E-state index in [4.69, 9.17) is 28.4 Å². The summed E-state index contributed by atoms with van der Waals surface area (Å²) in [7, 11) is -2.73. The molecule has 1 saturated heterocycles. The van der Waals surface area contributed by atoms with Crippen LogP contribution in [-0.2, 0) is 33.9 Å². The number of rotatable bonds is 19. The number of aliphatic hydroxyl groups is 1. The first-order valence-corrected chi connectivity index (χ1v) is 22.7. The number of hydrogen-bond donors (Lipinski definition) is 4. The number of anilines is 1. The Bertz CT molecular complexity index is 2380. The van der Waals surface area contributed by atoms with Crippen molar-refractivity contribution >= 4 is 25.3 Å². The monoisotopic (exact) mass is 916 g/mol. The Morgan fingerprint density at radius 1 is 0.831 bits per heavy atom. The largest absolute Gasteiger partial charge is 0.497 e. The van der Waals surface area contributed by atoms with E-state index in [0.717, 1.165) is 10.8 Å². The highest BCUT2D eigenvalue weighted by molar-refractivity contribution is 7.53. The third kappa shape index (κ3) is 11.6. The number of ether oxygens (including phenoxy) is 6. The Kier molecular flexibility index (Phi) is 17.7. The van der Waals surface area contributed by atoms with Crippen LogP contribution in [0.5, 0.6) is 11.5 Å². The number of aromatic nitrogens is 2. The Hall–Kier alpha value is -5.75. The number of amides is 1. The van der Waals surface area contributed by atoms with Crippen molar-refractivity contribution in [3.05, 3.63) is 154 Å². The van der Waals surface area contributed by atoms with E-state index in [1.807, 2.05) is 0 Å². The number of methoxy groups -OCH3 is 2. The normalized spacial score (nSPS) is 18.3. The predicted molar refractivity (Wildman–Crippen MR) is 242 cm³/mol. The van der Waals surface area contributed by atoms with Gasteiger partial charge in [-0.15, -0.1) is 0 Å². The summed E-state index contributed by atoms with van der Waals surface area (Å²) >= 11 is 0. The molecular weight excluding hydrogens is 860 g/mol. The lowest BCUT2D eigenvalue weighted by molar-refractivity contribution is -0.156. The number of nitrogens with zero attached hydrogens (tertiary/aromatic N) is 3. The van der Waals surface area contributed by atoms with Gasteiger partial charge in [0.1, 0.15) is 41.7 Å². The van der Waals surface area contributed by atoms with E-state index in [1.165, 1.54) is 39.9 Å².